The molecule has 0 aliphatic carbocycles. The lowest BCUT2D eigenvalue weighted by atomic mass is 10.2. The maximum Gasteiger partial charge on any atom is 0.409 e. The highest BCUT2D eigenvalue weighted by atomic mass is 16.6. The molecule has 0 unspecified atom stereocenters. The van der Waals surface area contributed by atoms with Crippen molar-refractivity contribution in [2.45, 2.75) is 13.5 Å². The summed E-state index contributed by atoms with van der Waals surface area (Å²) < 4.78 is 15.6. The molecule has 3 rings (SSSR count). The lowest BCUT2D eigenvalue weighted by Gasteiger charge is -2.33. The van der Waals surface area contributed by atoms with Crippen molar-refractivity contribution in [3.05, 3.63) is 30.2 Å². The standard InChI is InChI=1S/C17H22N4O4/c1-3-24-17(22)21-9-7-20(8-10-21)12-15-18-16(19-25-15)13-5-4-6-14(11-13)23-2/h4-6,11H,3,7-10,12H2,1-2H3. The van der Waals surface area contributed by atoms with E-state index in [0.717, 1.165) is 24.4 Å². The summed E-state index contributed by atoms with van der Waals surface area (Å²) in [6.07, 6.45) is -0.250. The first kappa shape index (κ1) is 17.2. The number of rotatable bonds is 5. The number of ether oxygens (including phenoxy) is 2. The minimum absolute atomic E-state index is 0.250. The van der Waals surface area contributed by atoms with E-state index < -0.39 is 0 Å². The van der Waals surface area contributed by atoms with E-state index in [0.29, 0.717) is 38.0 Å². The van der Waals surface area contributed by atoms with Crippen LogP contribution in [0.25, 0.3) is 11.4 Å². The molecule has 2 heterocycles. The Kier molecular flexibility index (Phi) is 5.49. The minimum Gasteiger partial charge on any atom is -0.497 e. The van der Waals surface area contributed by atoms with Gasteiger partial charge in [0, 0.05) is 31.7 Å². The highest BCUT2D eigenvalue weighted by Crippen LogP contribution is 2.21. The number of carbonyl (C=O) groups excluding carboxylic acids is 1. The van der Waals surface area contributed by atoms with Crippen molar-refractivity contribution >= 4 is 6.09 Å². The summed E-state index contributed by atoms with van der Waals surface area (Å²) in [7, 11) is 1.62. The Hall–Kier alpha value is -2.61. The predicted molar refractivity (Wildman–Crippen MR) is 90.2 cm³/mol. The fourth-order valence-corrected chi connectivity index (χ4v) is 2.69. The van der Waals surface area contributed by atoms with Crippen molar-refractivity contribution in [3.8, 4) is 17.1 Å². The number of aromatic nitrogens is 2. The van der Waals surface area contributed by atoms with Gasteiger partial charge in [-0.1, -0.05) is 17.3 Å². The summed E-state index contributed by atoms with van der Waals surface area (Å²) in [6, 6.07) is 7.54. The van der Waals surface area contributed by atoms with E-state index in [1.165, 1.54) is 0 Å². The second-order valence-corrected chi connectivity index (χ2v) is 5.71. The smallest absolute Gasteiger partial charge is 0.409 e. The van der Waals surface area contributed by atoms with E-state index >= 15 is 0 Å². The summed E-state index contributed by atoms with van der Waals surface area (Å²) in [5.41, 5.74) is 0.849. The number of hydrogen-bond donors (Lipinski definition) is 0. The quantitative estimate of drug-likeness (QED) is 0.819. The van der Waals surface area contributed by atoms with Gasteiger partial charge in [0.2, 0.25) is 11.7 Å². The van der Waals surface area contributed by atoms with Gasteiger partial charge in [-0.05, 0) is 19.1 Å². The zero-order valence-corrected chi connectivity index (χ0v) is 14.5. The van der Waals surface area contributed by atoms with Gasteiger partial charge in [0.15, 0.2) is 0 Å². The molecule has 0 atom stereocenters. The molecule has 1 aromatic heterocycles. The van der Waals surface area contributed by atoms with Crippen LogP contribution in [0.4, 0.5) is 4.79 Å². The van der Waals surface area contributed by atoms with Crippen LogP contribution in [-0.2, 0) is 11.3 Å². The monoisotopic (exact) mass is 346 g/mol. The third kappa shape index (κ3) is 4.27. The first-order valence-corrected chi connectivity index (χ1v) is 8.30. The number of methoxy groups -OCH3 is 1. The van der Waals surface area contributed by atoms with Crippen molar-refractivity contribution in [3.63, 3.8) is 0 Å². The number of hydrogen-bond acceptors (Lipinski definition) is 7. The van der Waals surface area contributed by atoms with Gasteiger partial charge in [0.05, 0.1) is 20.3 Å². The van der Waals surface area contributed by atoms with Gasteiger partial charge in [-0.3, -0.25) is 4.90 Å². The Morgan fingerprint density at radius 2 is 2.08 bits per heavy atom. The highest BCUT2D eigenvalue weighted by Gasteiger charge is 2.23. The molecule has 2 aromatic rings. The fourth-order valence-electron chi connectivity index (χ4n) is 2.69. The first-order valence-electron chi connectivity index (χ1n) is 8.30. The molecule has 1 aliphatic rings. The molecule has 1 fully saturated rings. The second-order valence-electron chi connectivity index (χ2n) is 5.71. The number of nitrogens with zero attached hydrogens (tertiary/aromatic N) is 4. The van der Waals surface area contributed by atoms with E-state index in [9.17, 15) is 4.79 Å². The molecule has 0 bridgehead atoms. The third-order valence-corrected chi connectivity index (χ3v) is 4.05. The van der Waals surface area contributed by atoms with Gasteiger partial charge in [-0.2, -0.15) is 4.98 Å². The van der Waals surface area contributed by atoms with Gasteiger partial charge >= 0.3 is 6.09 Å². The Morgan fingerprint density at radius 1 is 1.28 bits per heavy atom. The Balaban J connectivity index is 1.56. The molecule has 1 saturated heterocycles. The van der Waals surface area contributed by atoms with E-state index in [-0.39, 0.29) is 6.09 Å². The number of carbonyl (C=O) groups is 1. The summed E-state index contributed by atoms with van der Waals surface area (Å²) in [5.74, 6) is 1.85. The molecule has 25 heavy (non-hydrogen) atoms. The number of piperazine rings is 1. The van der Waals surface area contributed by atoms with Crippen molar-refractivity contribution in [2.24, 2.45) is 0 Å². The fraction of sp³-hybridized carbons (Fsp3) is 0.471. The summed E-state index contributed by atoms with van der Waals surface area (Å²) >= 11 is 0. The molecule has 0 spiro atoms. The molecule has 1 aromatic carbocycles. The molecule has 8 heteroatoms. The van der Waals surface area contributed by atoms with Crippen molar-refractivity contribution in [1.82, 2.24) is 19.9 Å². The maximum atomic E-state index is 11.7. The van der Waals surface area contributed by atoms with Crippen LogP contribution in [0.3, 0.4) is 0 Å². The van der Waals surface area contributed by atoms with Crippen LogP contribution in [0.1, 0.15) is 12.8 Å². The molecular formula is C17H22N4O4. The van der Waals surface area contributed by atoms with Gasteiger partial charge in [-0.25, -0.2) is 4.79 Å². The van der Waals surface area contributed by atoms with Crippen molar-refractivity contribution in [1.29, 1.82) is 0 Å². The topological polar surface area (TPSA) is 80.9 Å². The van der Waals surface area contributed by atoms with Gasteiger partial charge in [-0.15, -0.1) is 0 Å². The molecule has 0 saturated carbocycles. The molecule has 8 nitrogen and oxygen atoms in total. The minimum atomic E-state index is -0.250. The molecular weight excluding hydrogens is 324 g/mol. The van der Waals surface area contributed by atoms with Crippen LogP contribution in [-0.4, -0.2) is 65.9 Å². The van der Waals surface area contributed by atoms with Crippen LogP contribution in [0.5, 0.6) is 5.75 Å². The summed E-state index contributed by atoms with van der Waals surface area (Å²) in [6.45, 7) is 5.53. The first-order chi connectivity index (χ1) is 12.2. The molecule has 1 amide bonds. The predicted octanol–water partition coefficient (Wildman–Crippen LogP) is 2.02. The second kappa shape index (κ2) is 7.98. The van der Waals surface area contributed by atoms with Crippen LogP contribution in [0, 0.1) is 0 Å². The normalized spacial score (nSPS) is 15.2. The SMILES string of the molecule is CCOC(=O)N1CCN(Cc2nc(-c3cccc(OC)c3)no2)CC1. The average molecular weight is 346 g/mol. The maximum absolute atomic E-state index is 11.7. The lowest BCUT2D eigenvalue weighted by Crippen LogP contribution is -2.48. The Bertz CT molecular complexity index is 710. The zero-order chi connectivity index (χ0) is 17.6. The van der Waals surface area contributed by atoms with E-state index in [4.69, 9.17) is 14.0 Å². The molecule has 0 radical (unpaired) electrons. The molecule has 1 aliphatic heterocycles. The summed E-state index contributed by atoms with van der Waals surface area (Å²) in [5, 5.41) is 4.04. The van der Waals surface area contributed by atoms with Gasteiger partial charge in [0.1, 0.15) is 5.75 Å². The largest absolute Gasteiger partial charge is 0.497 e. The number of benzene rings is 1. The molecule has 134 valence electrons. The van der Waals surface area contributed by atoms with Gasteiger partial charge < -0.3 is 18.9 Å². The van der Waals surface area contributed by atoms with Crippen LogP contribution in [0.2, 0.25) is 0 Å². The zero-order valence-electron chi connectivity index (χ0n) is 14.5. The van der Waals surface area contributed by atoms with Crippen LogP contribution < -0.4 is 4.74 Å². The van der Waals surface area contributed by atoms with E-state index in [2.05, 4.69) is 15.0 Å². The van der Waals surface area contributed by atoms with Gasteiger partial charge in [0.25, 0.3) is 0 Å². The van der Waals surface area contributed by atoms with Crippen molar-refractivity contribution < 1.29 is 18.8 Å². The third-order valence-electron chi connectivity index (χ3n) is 4.05. The molecule has 0 N–H and O–H groups in total. The number of amides is 1. The Labute approximate surface area is 146 Å². The lowest BCUT2D eigenvalue weighted by molar-refractivity contribution is 0.0749. The van der Waals surface area contributed by atoms with Crippen molar-refractivity contribution in [2.75, 3.05) is 39.9 Å². The summed E-state index contributed by atoms with van der Waals surface area (Å²) in [4.78, 5) is 20.1. The Morgan fingerprint density at radius 3 is 2.80 bits per heavy atom. The van der Waals surface area contributed by atoms with Crippen LogP contribution >= 0.6 is 0 Å². The van der Waals surface area contributed by atoms with Crippen LogP contribution in [0.15, 0.2) is 28.8 Å². The van der Waals surface area contributed by atoms with E-state index in [1.807, 2.05) is 31.2 Å². The average Bonchev–Trinajstić information content (AvgIpc) is 3.11. The van der Waals surface area contributed by atoms with E-state index in [1.54, 1.807) is 12.0 Å². The highest BCUT2D eigenvalue weighted by molar-refractivity contribution is 5.67.